The molecule has 0 saturated carbocycles. The Hall–Kier alpha value is -1.41. The van der Waals surface area contributed by atoms with Crippen molar-refractivity contribution >= 4 is 27.7 Å². The molecule has 0 spiro atoms. The number of amides is 2. The van der Waals surface area contributed by atoms with Gasteiger partial charge < -0.3 is 20.5 Å². The van der Waals surface area contributed by atoms with Gasteiger partial charge in [-0.1, -0.05) is 13.8 Å². The van der Waals surface area contributed by atoms with Crippen molar-refractivity contribution in [2.75, 3.05) is 13.6 Å². The van der Waals surface area contributed by atoms with Gasteiger partial charge in [0.1, 0.15) is 6.04 Å². The van der Waals surface area contributed by atoms with Crippen molar-refractivity contribution in [1.29, 1.82) is 0 Å². The molecule has 1 atom stereocenters. The number of carbonyl (C=O) groups excluding carboxylic acids is 2. The highest BCUT2D eigenvalue weighted by atomic mass is 79.9. The molecule has 2 amide bonds. The van der Waals surface area contributed by atoms with Gasteiger partial charge >= 0.3 is 0 Å². The van der Waals surface area contributed by atoms with Crippen LogP contribution in [0.2, 0.25) is 0 Å². The summed E-state index contributed by atoms with van der Waals surface area (Å²) in [7, 11) is 2.02. The summed E-state index contributed by atoms with van der Waals surface area (Å²) in [5, 5.41) is 2.73. The summed E-state index contributed by atoms with van der Waals surface area (Å²) >= 11 is 3.42. The molecule has 1 unspecified atom stereocenters. The van der Waals surface area contributed by atoms with Crippen molar-refractivity contribution in [1.82, 2.24) is 19.8 Å². The van der Waals surface area contributed by atoms with Gasteiger partial charge in [0.15, 0.2) is 10.4 Å². The van der Waals surface area contributed by atoms with Crippen molar-refractivity contribution in [3.8, 4) is 0 Å². The molecule has 2 heterocycles. The molecule has 0 radical (unpaired) electrons. The lowest BCUT2D eigenvalue weighted by molar-refractivity contribution is -0.120. The fourth-order valence-electron chi connectivity index (χ4n) is 2.80. The van der Waals surface area contributed by atoms with Crippen molar-refractivity contribution in [3.63, 3.8) is 0 Å². The first-order valence-electron chi connectivity index (χ1n) is 7.83. The van der Waals surface area contributed by atoms with E-state index in [1.54, 1.807) is 0 Å². The number of imidazole rings is 1. The topological polar surface area (TPSA) is 93.2 Å². The van der Waals surface area contributed by atoms with Gasteiger partial charge in [-0.2, -0.15) is 0 Å². The summed E-state index contributed by atoms with van der Waals surface area (Å²) in [4.78, 5) is 30.7. The predicted molar refractivity (Wildman–Crippen MR) is 90.8 cm³/mol. The van der Waals surface area contributed by atoms with Gasteiger partial charge in [0.2, 0.25) is 5.91 Å². The Kier molecular flexibility index (Phi) is 5.80. The van der Waals surface area contributed by atoms with Crippen LogP contribution in [0.25, 0.3) is 0 Å². The van der Waals surface area contributed by atoms with E-state index in [9.17, 15) is 9.59 Å². The monoisotopic (exact) mass is 385 g/mol. The van der Waals surface area contributed by atoms with Gasteiger partial charge in [-0.15, -0.1) is 0 Å². The van der Waals surface area contributed by atoms with Crippen LogP contribution in [0, 0.1) is 5.92 Å². The molecule has 0 saturated heterocycles. The van der Waals surface area contributed by atoms with Crippen LogP contribution in [0.3, 0.4) is 0 Å². The fraction of sp³-hybridized carbons (Fsp3) is 0.667. The number of hydrogen-bond donors (Lipinski definition) is 2. The van der Waals surface area contributed by atoms with E-state index < -0.39 is 11.9 Å². The summed E-state index contributed by atoms with van der Waals surface area (Å²) in [6, 6.07) is -0.679. The van der Waals surface area contributed by atoms with Gasteiger partial charge in [0, 0.05) is 13.1 Å². The summed E-state index contributed by atoms with van der Waals surface area (Å²) in [5.41, 5.74) is 6.63. The summed E-state index contributed by atoms with van der Waals surface area (Å²) < 4.78 is 2.66. The summed E-state index contributed by atoms with van der Waals surface area (Å²) in [5.74, 6) is -0.613. The minimum atomic E-state index is -0.679. The zero-order chi connectivity index (χ0) is 17.1. The molecule has 0 aliphatic carbocycles. The lowest BCUT2D eigenvalue weighted by Crippen LogP contribution is -2.45. The Morgan fingerprint density at radius 2 is 2.09 bits per heavy atom. The number of nitrogens with zero attached hydrogens (tertiary/aromatic N) is 3. The maximum absolute atomic E-state index is 12.6. The smallest absolute Gasteiger partial charge is 0.272 e. The normalized spacial score (nSPS) is 16.7. The molecular weight excluding hydrogens is 362 g/mol. The van der Waals surface area contributed by atoms with Crippen LogP contribution in [-0.2, 0) is 17.9 Å². The van der Waals surface area contributed by atoms with E-state index in [4.69, 9.17) is 5.73 Å². The van der Waals surface area contributed by atoms with E-state index in [0.29, 0.717) is 23.4 Å². The van der Waals surface area contributed by atoms with Crippen LogP contribution >= 0.6 is 15.9 Å². The third kappa shape index (κ3) is 4.32. The molecule has 23 heavy (non-hydrogen) atoms. The zero-order valence-electron chi connectivity index (χ0n) is 13.8. The molecule has 1 aromatic rings. The third-order valence-corrected chi connectivity index (χ3v) is 4.54. The van der Waals surface area contributed by atoms with E-state index in [1.165, 1.54) is 0 Å². The molecule has 0 fully saturated rings. The number of rotatable bonds is 5. The third-order valence-electron chi connectivity index (χ3n) is 3.94. The Balaban J connectivity index is 2.24. The summed E-state index contributed by atoms with van der Waals surface area (Å²) in [6.45, 7) is 6.39. The van der Waals surface area contributed by atoms with Crippen LogP contribution in [-0.4, -0.2) is 45.9 Å². The highest BCUT2D eigenvalue weighted by Gasteiger charge is 2.27. The standard InChI is InChI=1S/C15H24BrN5O2/c1-9(2)7-10(13(17)22)18-14(23)12-11-8-20(3)5-4-6-21(11)15(16)19-12/h9-10H,4-8H2,1-3H3,(H2,17,22)(H,18,23). The molecule has 2 rings (SSSR count). The van der Waals surface area contributed by atoms with Crippen molar-refractivity contribution < 1.29 is 9.59 Å². The van der Waals surface area contributed by atoms with Crippen LogP contribution < -0.4 is 11.1 Å². The molecule has 128 valence electrons. The molecule has 0 bridgehead atoms. The van der Waals surface area contributed by atoms with Crippen LogP contribution in [0.15, 0.2) is 4.73 Å². The second kappa shape index (κ2) is 7.44. The minimum absolute atomic E-state index is 0.254. The lowest BCUT2D eigenvalue weighted by Gasteiger charge is -2.18. The first kappa shape index (κ1) is 17.9. The van der Waals surface area contributed by atoms with Gasteiger partial charge in [-0.3, -0.25) is 9.59 Å². The van der Waals surface area contributed by atoms with Crippen LogP contribution in [0.1, 0.15) is 42.9 Å². The SMILES string of the molecule is CC(C)CC(NC(=O)c1nc(Br)n2c1CN(C)CCC2)C(N)=O. The largest absolute Gasteiger partial charge is 0.368 e. The second-order valence-corrected chi connectivity index (χ2v) is 7.19. The molecule has 1 aliphatic rings. The Morgan fingerprint density at radius 3 is 2.70 bits per heavy atom. The van der Waals surface area contributed by atoms with Crippen molar-refractivity contribution in [3.05, 3.63) is 16.1 Å². The molecule has 1 aromatic heterocycles. The van der Waals surface area contributed by atoms with Gasteiger partial charge in [-0.25, -0.2) is 4.98 Å². The first-order chi connectivity index (χ1) is 10.8. The minimum Gasteiger partial charge on any atom is -0.368 e. The highest BCUT2D eigenvalue weighted by molar-refractivity contribution is 9.10. The lowest BCUT2D eigenvalue weighted by atomic mass is 10.0. The van der Waals surface area contributed by atoms with Gasteiger partial charge in [0.25, 0.3) is 5.91 Å². The molecule has 8 heteroatoms. The average molecular weight is 386 g/mol. The zero-order valence-corrected chi connectivity index (χ0v) is 15.4. The number of hydrogen-bond acceptors (Lipinski definition) is 4. The molecule has 3 N–H and O–H groups in total. The Labute approximate surface area is 144 Å². The number of halogens is 1. The molecule has 7 nitrogen and oxygen atoms in total. The van der Waals surface area contributed by atoms with Crippen molar-refractivity contribution in [2.45, 2.75) is 45.8 Å². The van der Waals surface area contributed by atoms with Gasteiger partial charge in [-0.05, 0) is 48.3 Å². The fourth-order valence-corrected chi connectivity index (χ4v) is 3.37. The number of fused-ring (bicyclic) bond motifs is 1. The van der Waals surface area contributed by atoms with E-state index >= 15 is 0 Å². The van der Waals surface area contributed by atoms with E-state index in [-0.39, 0.29) is 11.8 Å². The summed E-state index contributed by atoms with van der Waals surface area (Å²) in [6.07, 6.45) is 1.51. The maximum Gasteiger partial charge on any atom is 0.272 e. The molecular formula is C15H24BrN5O2. The second-order valence-electron chi connectivity index (χ2n) is 6.48. The van der Waals surface area contributed by atoms with E-state index in [0.717, 1.165) is 25.2 Å². The number of nitrogens with one attached hydrogen (secondary N) is 1. The molecule has 0 aromatic carbocycles. The number of aromatic nitrogens is 2. The Bertz CT molecular complexity index is 599. The number of carbonyl (C=O) groups is 2. The van der Waals surface area contributed by atoms with E-state index in [1.807, 2.05) is 25.5 Å². The number of primary amides is 1. The van der Waals surface area contributed by atoms with Crippen LogP contribution in [0.4, 0.5) is 0 Å². The Morgan fingerprint density at radius 1 is 1.39 bits per heavy atom. The van der Waals surface area contributed by atoms with Gasteiger partial charge in [0.05, 0.1) is 5.69 Å². The van der Waals surface area contributed by atoms with Crippen molar-refractivity contribution in [2.24, 2.45) is 11.7 Å². The first-order valence-corrected chi connectivity index (χ1v) is 8.62. The molecule has 1 aliphatic heterocycles. The quantitative estimate of drug-likeness (QED) is 0.793. The predicted octanol–water partition coefficient (Wildman–Crippen LogP) is 1.11. The average Bonchev–Trinajstić information content (AvgIpc) is 2.64. The van der Waals surface area contributed by atoms with Crippen LogP contribution in [0.5, 0.6) is 0 Å². The highest BCUT2D eigenvalue weighted by Crippen LogP contribution is 2.22. The maximum atomic E-state index is 12.6. The number of nitrogens with two attached hydrogens (primary N) is 1. The van der Waals surface area contributed by atoms with E-state index in [2.05, 4.69) is 31.1 Å².